The Balaban J connectivity index is 0.789. The van der Waals surface area contributed by atoms with Crippen LogP contribution in [0.2, 0.25) is 0 Å². The summed E-state index contributed by atoms with van der Waals surface area (Å²) >= 11 is 43.8. The number of halogens is 6. The first-order valence-corrected chi connectivity index (χ1v) is 26.1. The fourth-order valence-electron chi connectivity index (χ4n) is 13.2. The van der Waals surface area contributed by atoms with Crippen LogP contribution >= 0.6 is 69.6 Å². The van der Waals surface area contributed by atoms with Gasteiger partial charge >= 0.3 is 0 Å². The van der Waals surface area contributed by atoms with Gasteiger partial charge in [-0.1, -0.05) is 95.0 Å². The van der Waals surface area contributed by atoms with Crippen molar-refractivity contribution < 1.29 is 47.4 Å². The molecule has 0 aromatic heterocycles. The second kappa shape index (κ2) is 19.6. The summed E-state index contributed by atoms with van der Waals surface area (Å²) in [5, 5.41) is 0.186. The van der Waals surface area contributed by atoms with E-state index in [9.17, 15) is 0 Å². The first kappa shape index (κ1) is 48.7. The van der Waals surface area contributed by atoms with E-state index >= 15 is 0 Å². The van der Waals surface area contributed by atoms with Gasteiger partial charge in [-0.05, 0) is 87.9 Å². The van der Waals surface area contributed by atoms with E-state index < -0.39 is 38.5 Å². The highest BCUT2D eigenvalue weighted by Gasteiger charge is 2.85. The van der Waals surface area contributed by atoms with Gasteiger partial charge in [0.15, 0.2) is 16.9 Å². The molecule has 4 spiro atoms. The summed E-state index contributed by atoms with van der Waals surface area (Å²) in [4.78, 5) is -3.29. The SMILES string of the molecule is ClC1=C(Cl)C2(Cl)C(C3OCC4(CC=CCC4CCOCC4CC=CCC45COCOC5)CO3)C(C3OCC4(CC=CCC4CCOCC4CC=CCC45COCOC5)CO3)C1(Cl)C2(Cl)Cl. The molecule has 1 saturated carbocycles. The molecule has 5 fully saturated rings. The highest BCUT2D eigenvalue weighted by atomic mass is 35.5. The predicted molar refractivity (Wildman–Crippen MR) is 250 cm³/mol. The van der Waals surface area contributed by atoms with Gasteiger partial charge in [-0.3, -0.25) is 0 Å². The van der Waals surface area contributed by atoms with Crippen molar-refractivity contribution in [1.82, 2.24) is 0 Å². The Bertz CT molecular complexity index is 1720. The first-order chi connectivity index (χ1) is 31.4. The fourth-order valence-corrected chi connectivity index (χ4v) is 16.2. The van der Waals surface area contributed by atoms with E-state index in [1.54, 1.807) is 0 Å². The molecular formula is C49H64Cl6O10. The van der Waals surface area contributed by atoms with E-state index in [0.29, 0.717) is 105 Å². The molecule has 10 aliphatic rings. The highest BCUT2D eigenvalue weighted by Crippen LogP contribution is 2.78. The van der Waals surface area contributed by atoms with Crippen LogP contribution in [-0.2, 0) is 47.4 Å². The van der Waals surface area contributed by atoms with E-state index in [4.69, 9.17) is 117 Å². The molecule has 4 heterocycles. The Morgan fingerprint density at radius 2 is 0.769 bits per heavy atom. The van der Waals surface area contributed by atoms with Gasteiger partial charge in [0.25, 0.3) is 0 Å². The van der Waals surface area contributed by atoms with E-state index in [-0.39, 0.29) is 43.6 Å². The standard InChI is InChI=1S/C49H64Cl6O10/c50-39-40(51)48(53)38(42-64-29-46(30-65-42)18-6-2-10-34(46)14-20-57-22-36-12-4-8-16-44(36)25-60-32-61-26-44)37(47(39,52)49(48,54)55)41-62-27-45(28-63-41)17-5-1-9-33(45)13-19-56-21-35-11-3-7-15-43(35)23-58-31-59-24-43/h1-8,33-38,41-42H,9-32H2. The van der Waals surface area contributed by atoms with Crippen LogP contribution in [0.3, 0.4) is 0 Å². The third kappa shape index (κ3) is 8.33. The van der Waals surface area contributed by atoms with Gasteiger partial charge in [0, 0.05) is 46.7 Å². The Hall–Kier alpha value is 0.0400. The van der Waals surface area contributed by atoms with Gasteiger partial charge in [-0.15, -0.1) is 23.2 Å². The van der Waals surface area contributed by atoms with Gasteiger partial charge in [0.1, 0.15) is 23.3 Å². The Labute approximate surface area is 414 Å². The predicted octanol–water partition coefficient (Wildman–Crippen LogP) is 10.4. The average molecular weight is 1030 g/mol. The summed E-state index contributed by atoms with van der Waals surface area (Å²) in [6, 6.07) is 0. The number of allylic oxidation sites excluding steroid dienone is 10. The maximum absolute atomic E-state index is 7.60. The van der Waals surface area contributed by atoms with Crippen molar-refractivity contribution in [2.24, 2.45) is 57.2 Å². The van der Waals surface area contributed by atoms with Crippen molar-refractivity contribution in [3.05, 3.63) is 58.7 Å². The summed E-state index contributed by atoms with van der Waals surface area (Å²) in [5.74, 6) is -0.271. The van der Waals surface area contributed by atoms with Gasteiger partial charge in [0.2, 0.25) is 0 Å². The van der Waals surface area contributed by atoms with Crippen LogP contribution in [0.1, 0.15) is 64.2 Å². The molecule has 0 amide bonds. The quantitative estimate of drug-likeness (QED) is 0.107. The topological polar surface area (TPSA) is 92.3 Å². The zero-order valence-electron chi connectivity index (χ0n) is 37.1. The van der Waals surface area contributed by atoms with Crippen LogP contribution in [-0.4, -0.2) is 120 Å². The smallest absolute Gasteiger partial charge is 0.167 e. The highest BCUT2D eigenvalue weighted by molar-refractivity contribution is 6.65. The summed E-state index contributed by atoms with van der Waals surface area (Å²) in [6.45, 7) is 7.89. The Kier molecular flexibility index (Phi) is 14.6. The minimum atomic E-state index is -1.84. The molecule has 0 aromatic carbocycles. The Morgan fingerprint density at radius 3 is 1.12 bits per heavy atom. The molecular weight excluding hydrogens is 961 g/mol. The van der Waals surface area contributed by atoms with Gasteiger partial charge in [-0.25, -0.2) is 0 Å². The normalized spacial score (nSPS) is 41.0. The van der Waals surface area contributed by atoms with Crippen molar-refractivity contribution in [2.75, 3.05) is 92.9 Å². The molecule has 16 heteroatoms. The molecule has 6 aliphatic carbocycles. The zero-order chi connectivity index (χ0) is 45.0. The lowest BCUT2D eigenvalue weighted by Gasteiger charge is -2.52. The number of fused-ring (bicyclic) bond motifs is 2. The van der Waals surface area contributed by atoms with Crippen LogP contribution in [0.25, 0.3) is 0 Å². The molecule has 362 valence electrons. The fraction of sp³-hybridized carbons (Fsp3) is 0.796. The van der Waals surface area contributed by atoms with Crippen LogP contribution in [0, 0.1) is 57.2 Å². The van der Waals surface area contributed by atoms with Gasteiger partial charge < -0.3 is 47.4 Å². The average Bonchev–Trinajstić information content (AvgIpc) is 3.53. The molecule has 10 nitrogen and oxygen atoms in total. The summed E-state index contributed by atoms with van der Waals surface area (Å²) in [7, 11) is 0. The molecule has 2 bridgehead atoms. The molecule has 10 rings (SSSR count). The van der Waals surface area contributed by atoms with E-state index in [1.807, 2.05) is 0 Å². The molecule has 8 atom stereocenters. The third-order valence-electron chi connectivity index (χ3n) is 17.4. The van der Waals surface area contributed by atoms with Crippen molar-refractivity contribution in [1.29, 1.82) is 0 Å². The van der Waals surface area contributed by atoms with Gasteiger partial charge in [-0.2, -0.15) is 0 Å². The number of hydrogen-bond acceptors (Lipinski definition) is 10. The second-order valence-electron chi connectivity index (χ2n) is 20.9. The van der Waals surface area contributed by atoms with Crippen molar-refractivity contribution in [2.45, 2.75) is 90.9 Å². The molecule has 0 radical (unpaired) electrons. The first-order valence-electron chi connectivity index (χ1n) is 23.8. The van der Waals surface area contributed by atoms with Crippen LogP contribution < -0.4 is 0 Å². The monoisotopic (exact) mass is 1020 g/mol. The zero-order valence-corrected chi connectivity index (χ0v) is 41.6. The van der Waals surface area contributed by atoms with Crippen LogP contribution in [0.5, 0.6) is 0 Å². The molecule has 0 N–H and O–H groups in total. The largest absolute Gasteiger partial charge is 0.381 e. The Morgan fingerprint density at radius 1 is 0.446 bits per heavy atom. The third-order valence-corrected chi connectivity index (χ3v) is 21.7. The minimum Gasteiger partial charge on any atom is -0.381 e. The molecule has 4 aliphatic heterocycles. The molecule has 4 saturated heterocycles. The number of hydrogen-bond donors (Lipinski definition) is 0. The maximum Gasteiger partial charge on any atom is 0.167 e. The number of rotatable bonds is 12. The van der Waals surface area contributed by atoms with Crippen LogP contribution in [0.15, 0.2) is 58.7 Å². The van der Waals surface area contributed by atoms with Crippen molar-refractivity contribution >= 4 is 69.6 Å². The van der Waals surface area contributed by atoms with Crippen molar-refractivity contribution in [3.8, 4) is 0 Å². The van der Waals surface area contributed by atoms with E-state index in [2.05, 4.69) is 48.6 Å². The second-order valence-corrected chi connectivity index (χ2v) is 24.2. The summed E-state index contributed by atoms with van der Waals surface area (Å²) in [5.41, 5.74) is -0.571. The van der Waals surface area contributed by atoms with Crippen LogP contribution in [0.4, 0.5) is 0 Å². The van der Waals surface area contributed by atoms with Crippen molar-refractivity contribution in [3.63, 3.8) is 0 Å². The summed E-state index contributed by atoms with van der Waals surface area (Å²) in [6.07, 6.45) is 25.3. The van der Waals surface area contributed by atoms with Gasteiger partial charge in [0.05, 0.1) is 76.1 Å². The molecule has 8 unspecified atom stereocenters. The van der Waals surface area contributed by atoms with E-state index in [1.165, 1.54) is 0 Å². The minimum absolute atomic E-state index is 0.0224. The lowest BCUT2D eigenvalue weighted by atomic mass is 9.67. The van der Waals surface area contributed by atoms with E-state index in [0.717, 1.165) is 64.2 Å². The maximum atomic E-state index is 7.60. The number of alkyl halides is 4. The lowest BCUT2D eigenvalue weighted by molar-refractivity contribution is -0.301. The lowest BCUT2D eigenvalue weighted by Crippen LogP contribution is -2.58. The molecule has 0 aromatic rings. The molecule has 65 heavy (non-hydrogen) atoms. The summed E-state index contributed by atoms with van der Waals surface area (Å²) < 4.78 is 61.3. The number of ether oxygens (including phenoxy) is 10.